The smallest absolute Gasteiger partial charge is 0.329 e. The van der Waals surface area contributed by atoms with E-state index < -0.39 is 12.0 Å². The summed E-state index contributed by atoms with van der Waals surface area (Å²) in [6.45, 7) is 0. The van der Waals surface area contributed by atoms with Gasteiger partial charge in [0.2, 0.25) is 0 Å². The van der Waals surface area contributed by atoms with Gasteiger partial charge >= 0.3 is 5.97 Å². The highest BCUT2D eigenvalue weighted by molar-refractivity contribution is 8.15. The third-order valence-corrected chi connectivity index (χ3v) is 7.05. The fourth-order valence-corrected chi connectivity index (χ4v) is 5.28. The van der Waals surface area contributed by atoms with Crippen LogP contribution in [0.1, 0.15) is 5.01 Å². The van der Waals surface area contributed by atoms with Gasteiger partial charge < -0.3 is 9.84 Å². The number of ether oxygens (including phenoxy) is 1. The maximum atomic E-state index is 11.1. The van der Waals surface area contributed by atoms with Gasteiger partial charge in [-0.3, -0.25) is 4.99 Å². The largest absolute Gasteiger partial charge is 0.483 e. The van der Waals surface area contributed by atoms with Gasteiger partial charge in [0.1, 0.15) is 21.7 Å². The molecule has 138 valence electrons. The Bertz CT molecular complexity index is 1020. The lowest BCUT2D eigenvalue weighted by Crippen LogP contribution is -2.17. The summed E-state index contributed by atoms with van der Waals surface area (Å²) in [5.74, 6) is 0.814. The molecular formula is C18H13ClN2O3S3. The first-order valence-electron chi connectivity index (χ1n) is 7.94. The second-order valence-corrected chi connectivity index (χ2v) is 9.08. The number of thioether (sulfide) groups is 2. The first-order valence-corrected chi connectivity index (χ1v) is 11.1. The third kappa shape index (κ3) is 4.40. The summed E-state index contributed by atoms with van der Waals surface area (Å²) in [5, 5.41) is 11.2. The number of aliphatic imine (C=N–C) groups is 1. The van der Waals surface area contributed by atoms with E-state index in [0.29, 0.717) is 21.8 Å². The first kappa shape index (κ1) is 18.6. The van der Waals surface area contributed by atoms with Crippen molar-refractivity contribution in [1.82, 2.24) is 4.98 Å². The number of aromatic nitrogens is 1. The Labute approximate surface area is 172 Å². The molecule has 0 aliphatic carbocycles. The topological polar surface area (TPSA) is 71.8 Å². The number of halogens is 1. The van der Waals surface area contributed by atoms with E-state index >= 15 is 0 Å². The van der Waals surface area contributed by atoms with Crippen LogP contribution in [0.5, 0.6) is 5.75 Å². The van der Waals surface area contributed by atoms with Crippen molar-refractivity contribution in [2.45, 2.75) is 10.9 Å². The standard InChI is InChI=1S/C18H13ClN2O3S3/c19-10-1-4-12(5-2-10)26-9-24-11-3-6-13-15(7-11)27-17(20-13)16-21-14(8-25-16)18(22)23/h1-7,14H,8-9H2,(H,22,23). The van der Waals surface area contributed by atoms with Gasteiger partial charge in [0.25, 0.3) is 0 Å². The highest BCUT2D eigenvalue weighted by Crippen LogP contribution is 2.32. The SMILES string of the molecule is O=C(O)C1CSC(c2nc3ccc(OCSc4ccc(Cl)cc4)cc3s2)=N1. The van der Waals surface area contributed by atoms with Crippen LogP contribution in [0.25, 0.3) is 10.2 Å². The van der Waals surface area contributed by atoms with Gasteiger partial charge in [-0.05, 0) is 42.5 Å². The van der Waals surface area contributed by atoms with E-state index in [1.54, 1.807) is 11.8 Å². The summed E-state index contributed by atoms with van der Waals surface area (Å²) >= 11 is 10.4. The number of hydrogen-bond acceptors (Lipinski definition) is 7. The number of nitrogens with zero attached hydrogens (tertiary/aromatic N) is 2. The van der Waals surface area contributed by atoms with Gasteiger partial charge in [0.15, 0.2) is 6.04 Å². The zero-order valence-corrected chi connectivity index (χ0v) is 17.0. The van der Waals surface area contributed by atoms with Crippen molar-refractivity contribution in [3.63, 3.8) is 0 Å². The van der Waals surface area contributed by atoms with Gasteiger partial charge in [-0.1, -0.05) is 23.4 Å². The first-order chi connectivity index (χ1) is 13.1. The number of carboxylic acid groups (broad SMARTS) is 1. The van der Waals surface area contributed by atoms with Crippen LogP contribution in [-0.2, 0) is 4.79 Å². The lowest BCUT2D eigenvalue weighted by molar-refractivity contribution is -0.137. The Hall–Kier alpha value is -1.74. The minimum absolute atomic E-state index is 0.455. The molecule has 1 N–H and O–H groups in total. The van der Waals surface area contributed by atoms with Gasteiger partial charge in [0.05, 0.1) is 10.2 Å². The van der Waals surface area contributed by atoms with Crippen LogP contribution in [0.3, 0.4) is 0 Å². The predicted molar refractivity (Wildman–Crippen MR) is 113 cm³/mol. The molecule has 2 heterocycles. The molecule has 1 atom stereocenters. The number of rotatable bonds is 6. The molecule has 27 heavy (non-hydrogen) atoms. The van der Waals surface area contributed by atoms with E-state index in [4.69, 9.17) is 21.4 Å². The van der Waals surface area contributed by atoms with Crippen LogP contribution in [-0.4, -0.2) is 38.8 Å². The van der Waals surface area contributed by atoms with Gasteiger partial charge in [-0.25, -0.2) is 9.78 Å². The normalized spacial score (nSPS) is 16.5. The molecule has 0 spiro atoms. The van der Waals surface area contributed by atoms with Crippen LogP contribution in [0.15, 0.2) is 52.4 Å². The van der Waals surface area contributed by atoms with Crippen LogP contribution in [0.2, 0.25) is 5.02 Å². The number of benzene rings is 2. The lowest BCUT2D eigenvalue weighted by atomic mass is 10.3. The van der Waals surface area contributed by atoms with E-state index in [1.807, 2.05) is 42.5 Å². The molecule has 0 fully saturated rings. The van der Waals surface area contributed by atoms with Crippen molar-refractivity contribution < 1.29 is 14.6 Å². The molecule has 1 unspecified atom stereocenters. The zero-order valence-electron chi connectivity index (χ0n) is 13.8. The maximum absolute atomic E-state index is 11.1. The third-order valence-electron chi connectivity index (χ3n) is 3.74. The summed E-state index contributed by atoms with van der Waals surface area (Å²) in [6.07, 6.45) is 0. The van der Waals surface area contributed by atoms with Crippen LogP contribution in [0, 0.1) is 0 Å². The molecule has 1 aliphatic rings. The molecule has 0 saturated carbocycles. The molecule has 1 aromatic heterocycles. The monoisotopic (exact) mass is 436 g/mol. The molecule has 5 nitrogen and oxygen atoms in total. The molecule has 2 aromatic carbocycles. The van der Waals surface area contributed by atoms with E-state index in [9.17, 15) is 4.79 Å². The quantitative estimate of drug-likeness (QED) is 0.432. The molecule has 9 heteroatoms. The predicted octanol–water partition coefficient (Wildman–Crippen LogP) is 5.02. The van der Waals surface area contributed by atoms with Crippen molar-refractivity contribution in [3.05, 3.63) is 52.5 Å². The lowest BCUT2D eigenvalue weighted by Gasteiger charge is -2.05. The van der Waals surface area contributed by atoms with Crippen LogP contribution < -0.4 is 4.74 Å². The average molecular weight is 437 g/mol. The number of thiazole rings is 1. The second kappa shape index (κ2) is 8.10. The Morgan fingerprint density at radius 2 is 2.11 bits per heavy atom. The minimum Gasteiger partial charge on any atom is -0.483 e. The molecule has 0 saturated heterocycles. The average Bonchev–Trinajstić information content (AvgIpc) is 3.30. The molecule has 1 aliphatic heterocycles. The molecule has 3 aromatic rings. The minimum atomic E-state index is -0.896. The summed E-state index contributed by atoms with van der Waals surface area (Å²) in [6, 6.07) is 12.7. The van der Waals surface area contributed by atoms with E-state index in [0.717, 1.165) is 25.9 Å². The van der Waals surface area contributed by atoms with Crippen LogP contribution >= 0.6 is 46.5 Å². The van der Waals surface area contributed by atoms with Gasteiger partial charge in [-0.2, -0.15) is 0 Å². The maximum Gasteiger partial charge on any atom is 0.329 e. The molecule has 0 bridgehead atoms. The van der Waals surface area contributed by atoms with Crippen molar-refractivity contribution in [2.75, 3.05) is 11.7 Å². The fraction of sp³-hybridized carbons (Fsp3) is 0.167. The number of carboxylic acids is 1. The van der Waals surface area contributed by atoms with Crippen molar-refractivity contribution in [1.29, 1.82) is 0 Å². The summed E-state index contributed by atoms with van der Waals surface area (Å²) < 4.78 is 6.81. The number of carbonyl (C=O) groups is 1. The van der Waals surface area contributed by atoms with E-state index in [1.165, 1.54) is 23.1 Å². The Balaban J connectivity index is 1.44. The Morgan fingerprint density at radius 3 is 2.85 bits per heavy atom. The zero-order chi connectivity index (χ0) is 18.8. The van der Waals surface area contributed by atoms with Crippen LogP contribution in [0.4, 0.5) is 0 Å². The fourth-order valence-electron chi connectivity index (χ4n) is 2.40. The molecule has 0 radical (unpaired) electrons. The summed E-state index contributed by atoms with van der Waals surface area (Å²) in [7, 11) is 0. The Morgan fingerprint density at radius 1 is 1.30 bits per heavy atom. The second-order valence-electron chi connectivity index (χ2n) is 5.61. The number of fused-ring (bicyclic) bond motifs is 1. The molecular weight excluding hydrogens is 424 g/mol. The highest BCUT2D eigenvalue weighted by Gasteiger charge is 2.26. The van der Waals surface area contributed by atoms with E-state index in [2.05, 4.69) is 9.98 Å². The van der Waals surface area contributed by atoms with Crippen molar-refractivity contribution >= 4 is 67.7 Å². The van der Waals surface area contributed by atoms with Gasteiger partial charge in [-0.15, -0.1) is 23.1 Å². The molecule has 4 rings (SSSR count). The number of aliphatic carboxylic acids is 1. The number of hydrogen-bond donors (Lipinski definition) is 1. The summed E-state index contributed by atoms with van der Waals surface area (Å²) in [4.78, 5) is 21.0. The summed E-state index contributed by atoms with van der Waals surface area (Å²) in [5.41, 5.74) is 0.856. The molecule has 0 amide bonds. The van der Waals surface area contributed by atoms with Crippen molar-refractivity contribution in [2.24, 2.45) is 4.99 Å². The highest BCUT2D eigenvalue weighted by atomic mass is 35.5. The van der Waals surface area contributed by atoms with Gasteiger partial charge in [0, 0.05) is 15.7 Å². The van der Waals surface area contributed by atoms with Crippen molar-refractivity contribution in [3.8, 4) is 5.75 Å². The van der Waals surface area contributed by atoms with E-state index in [-0.39, 0.29) is 0 Å². The Kier molecular flexibility index (Phi) is 5.58.